The summed E-state index contributed by atoms with van der Waals surface area (Å²) in [5, 5.41) is 0.120. The second-order valence-corrected chi connectivity index (χ2v) is 3.81. The molecular weight excluding hydrogens is 226 g/mol. The molecule has 4 heteroatoms. The molecule has 0 aliphatic heterocycles. The number of hydrogen-bond acceptors (Lipinski definition) is 0. The van der Waals surface area contributed by atoms with Gasteiger partial charge in [0, 0.05) is 10.6 Å². The van der Waals surface area contributed by atoms with Gasteiger partial charge in [0.1, 0.15) is 4.49 Å². The van der Waals surface area contributed by atoms with Gasteiger partial charge in [0.15, 0.2) is 0 Å². The molecule has 1 aliphatic rings. The monoisotopic (exact) mass is 228 g/mol. The molecule has 0 aromatic carbocycles. The Bertz CT molecular complexity index is 245. The van der Waals surface area contributed by atoms with Crippen LogP contribution in [0.5, 0.6) is 0 Å². The number of rotatable bonds is 0. The Morgan fingerprint density at radius 3 is 2.45 bits per heavy atom. The van der Waals surface area contributed by atoms with Crippen molar-refractivity contribution >= 4 is 46.4 Å². The minimum atomic E-state index is -0.410. The Morgan fingerprint density at radius 2 is 2.00 bits per heavy atom. The van der Waals surface area contributed by atoms with E-state index in [0.29, 0.717) is 10.6 Å². The van der Waals surface area contributed by atoms with Crippen LogP contribution in [0.15, 0.2) is 33.3 Å². The molecule has 0 radical (unpaired) electrons. The minimum absolute atomic E-state index is 0.160. The minimum Gasteiger partial charge on any atom is -0.112 e. The highest BCUT2D eigenvalue weighted by atomic mass is 35.5. The summed E-state index contributed by atoms with van der Waals surface area (Å²) in [6.45, 7) is 0. The summed E-state index contributed by atoms with van der Waals surface area (Å²) in [6.07, 6.45) is 5.19. The van der Waals surface area contributed by atoms with Crippen LogP contribution in [0, 0.1) is 0 Å². The van der Waals surface area contributed by atoms with Gasteiger partial charge in [-0.3, -0.25) is 0 Å². The molecule has 60 valence electrons. The Morgan fingerprint density at radius 1 is 1.36 bits per heavy atom. The molecule has 1 aliphatic carbocycles. The maximum absolute atomic E-state index is 5.85. The highest BCUT2D eigenvalue weighted by molar-refractivity contribution is 6.57. The van der Waals surface area contributed by atoms with Gasteiger partial charge in [0.25, 0.3) is 0 Å². The number of allylic oxidation sites excluding steroid dienone is 5. The standard InChI is InChI=1S/C7H4Cl4/c8-5-3-1-2-4(6(5)9)7(10)11/h1-3,6H. The highest BCUT2D eigenvalue weighted by Gasteiger charge is 2.17. The van der Waals surface area contributed by atoms with Gasteiger partial charge in [0.2, 0.25) is 0 Å². The summed E-state index contributed by atoms with van der Waals surface area (Å²) in [4.78, 5) is 0. The fourth-order valence-electron chi connectivity index (χ4n) is 0.720. The van der Waals surface area contributed by atoms with E-state index < -0.39 is 5.38 Å². The van der Waals surface area contributed by atoms with E-state index in [9.17, 15) is 0 Å². The lowest BCUT2D eigenvalue weighted by Crippen LogP contribution is -2.04. The second-order valence-electron chi connectivity index (χ2n) is 1.99. The van der Waals surface area contributed by atoms with Crippen molar-refractivity contribution in [3.05, 3.63) is 33.3 Å². The van der Waals surface area contributed by atoms with E-state index in [2.05, 4.69) is 0 Å². The zero-order chi connectivity index (χ0) is 8.43. The van der Waals surface area contributed by atoms with Crippen LogP contribution in [0.2, 0.25) is 0 Å². The third kappa shape index (κ3) is 2.16. The first-order valence-electron chi connectivity index (χ1n) is 2.86. The van der Waals surface area contributed by atoms with Gasteiger partial charge < -0.3 is 0 Å². The molecule has 0 saturated heterocycles. The zero-order valence-corrected chi connectivity index (χ0v) is 8.34. The molecule has 0 aromatic rings. The van der Waals surface area contributed by atoms with Crippen molar-refractivity contribution in [2.45, 2.75) is 5.38 Å². The molecule has 1 unspecified atom stereocenters. The number of halogens is 4. The molecule has 1 rings (SSSR count). The maximum Gasteiger partial charge on any atom is 0.111 e. The zero-order valence-electron chi connectivity index (χ0n) is 5.32. The molecule has 0 N–H and O–H groups in total. The number of alkyl halides is 1. The third-order valence-electron chi connectivity index (χ3n) is 1.26. The maximum atomic E-state index is 5.85. The largest absolute Gasteiger partial charge is 0.112 e. The van der Waals surface area contributed by atoms with Crippen LogP contribution in [-0.2, 0) is 0 Å². The first kappa shape index (κ1) is 9.47. The van der Waals surface area contributed by atoms with Gasteiger partial charge in [-0.15, -0.1) is 11.6 Å². The third-order valence-corrected chi connectivity index (χ3v) is 2.63. The predicted molar refractivity (Wildman–Crippen MR) is 51.4 cm³/mol. The van der Waals surface area contributed by atoms with Crippen molar-refractivity contribution in [2.75, 3.05) is 0 Å². The average molecular weight is 230 g/mol. The normalized spacial score (nSPS) is 23.5. The summed E-state index contributed by atoms with van der Waals surface area (Å²) in [7, 11) is 0. The molecular formula is C7H4Cl4. The van der Waals surface area contributed by atoms with Crippen molar-refractivity contribution in [3.63, 3.8) is 0 Å². The lowest BCUT2D eigenvalue weighted by molar-refractivity contribution is 1.24. The van der Waals surface area contributed by atoms with Crippen LogP contribution < -0.4 is 0 Å². The molecule has 0 saturated carbocycles. The lowest BCUT2D eigenvalue weighted by atomic mass is 10.1. The second kappa shape index (κ2) is 3.86. The predicted octanol–water partition coefficient (Wildman–Crippen LogP) is 3.98. The smallest absolute Gasteiger partial charge is 0.111 e. The number of hydrogen-bond donors (Lipinski definition) is 0. The van der Waals surface area contributed by atoms with E-state index in [-0.39, 0.29) is 4.49 Å². The Kier molecular flexibility index (Phi) is 3.32. The molecule has 11 heavy (non-hydrogen) atoms. The Labute approximate surface area is 85.1 Å². The van der Waals surface area contributed by atoms with Crippen molar-refractivity contribution < 1.29 is 0 Å². The summed E-state index contributed by atoms with van der Waals surface area (Å²) >= 11 is 22.7. The van der Waals surface area contributed by atoms with Crippen LogP contribution in [0.4, 0.5) is 0 Å². The fraction of sp³-hybridized carbons (Fsp3) is 0.143. The SMILES string of the molecule is ClC1=CC=CC(=C(Cl)Cl)C1Cl. The molecule has 0 bridgehead atoms. The van der Waals surface area contributed by atoms with E-state index in [1.165, 1.54) is 0 Å². The quantitative estimate of drug-likeness (QED) is 0.552. The molecule has 0 aromatic heterocycles. The topological polar surface area (TPSA) is 0 Å². The van der Waals surface area contributed by atoms with E-state index in [1.54, 1.807) is 18.2 Å². The fourth-order valence-corrected chi connectivity index (χ4v) is 1.62. The van der Waals surface area contributed by atoms with Gasteiger partial charge in [0.05, 0.1) is 5.38 Å². The van der Waals surface area contributed by atoms with Crippen molar-refractivity contribution in [3.8, 4) is 0 Å². The van der Waals surface area contributed by atoms with Gasteiger partial charge in [-0.2, -0.15) is 0 Å². The Hall–Kier alpha value is 0.380. The average Bonchev–Trinajstić information content (AvgIpc) is 1.94. The van der Waals surface area contributed by atoms with Gasteiger partial charge >= 0.3 is 0 Å². The molecule has 1 atom stereocenters. The first-order chi connectivity index (χ1) is 5.13. The summed E-state index contributed by atoms with van der Waals surface area (Å²) in [5.41, 5.74) is 0.641. The van der Waals surface area contributed by atoms with E-state index >= 15 is 0 Å². The lowest BCUT2D eigenvalue weighted by Gasteiger charge is -2.12. The van der Waals surface area contributed by atoms with Crippen LogP contribution in [0.25, 0.3) is 0 Å². The van der Waals surface area contributed by atoms with Crippen LogP contribution in [0.1, 0.15) is 0 Å². The van der Waals surface area contributed by atoms with Gasteiger partial charge in [-0.05, 0) is 6.08 Å². The van der Waals surface area contributed by atoms with E-state index in [4.69, 9.17) is 46.4 Å². The van der Waals surface area contributed by atoms with Crippen LogP contribution in [0.3, 0.4) is 0 Å². The van der Waals surface area contributed by atoms with Crippen LogP contribution >= 0.6 is 46.4 Å². The highest BCUT2D eigenvalue weighted by Crippen LogP contribution is 2.31. The van der Waals surface area contributed by atoms with Crippen molar-refractivity contribution in [2.24, 2.45) is 0 Å². The summed E-state index contributed by atoms with van der Waals surface area (Å²) < 4.78 is 0.160. The molecule has 0 fully saturated rings. The van der Waals surface area contributed by atoms with Crippen molar-refractivity contribution in [1.82, 2.24) is 0 Å². The Balaban J connectivity index is 3.00. The molecule has 0 heterocycles. The summed E-state index contributed by atoms with van der Waals surface area (Å²) in [6, 6.07) is 0. The molecule has 0 spiro atoms. The van der Waals surface area contributed by atoms with Crippen LogP contribution in [-0.4, -0.2) is 5.38 Å². The molecule has 0 nitrogen and oxygen atoms in total. The van der Waals surface area contributed by atoms with Gasteiger partial charge in [-0.1, -0.05) is 47.0 Å². The summed E-state index contributed by atoms with van der Waals surface area (Å²) in [5.74, 6) is 0. The van der Waals surface area contributed by atoms with Gasteiger partial charge in [-0.25, -0.2) is 0 Å². The molecule has 0 amide bonds. The first-order valence-corrected chi connectivity index (χ1v) is 4.43. The van der Waals surface area contributed by atoms with E-state index in [1.807, 2.05) is 0 Å². The van der Waals surface area contributed by atoms with E-state index in [0.717, 1.165) is 0 Å². The van der Waals surface area contributed by atoms with Crippen molar-refractivity contribution in [1.29, 1.82) is 0 Å².